The van der Waals surface area contributed by atoms with Gasteiger partial charge < -0.3 is 14.8 Å². The fraction of sp³-hybridized carbons (Fsp3) is 0.278. The van der Waals surface area contributed by atoms with Crippen molar-refractivity contribution in [2.45, 2.75) is 26.0 Å². The van der Waals surface area contributed by atoms with E-state index in [-0.39, 0.29) is 5.82 Å². The lowest BCUT2D eigenvalue weighted by molar-refractivity contribution is 0.0566. The number of aryl methyl sites for hydroxylation is 1. The topological polar surface area (TPSA) is 74.1 Å². The number of H-pyrrole nitrogens is 1. The van der Waals surface area contributed by atoms with E-state index in [1.54, 1.807) is 25.3 Å². The molecule has 2 aromatic heterocycles. The Morgan fingerprint density at radius 1 is 1.25 bits per heavy atom. The van der Waals surface area contributed by atoms with Crippen LogP contribution in [0.2, 0.25) is 0 Å². The van der Waals surface area contributed by atoms with Gasteiger partial charge in [0.25, 0.3) is 0 Å². The zero-order valence-corrected chi connectivity index (χ0v) is 13.6. The van der Waals surface area contributed by atoms with Crippen molar-refractivity contribution in [3.05, 3.63) is 65.3 Å². The maximum atomic E-state index is 13.0. The molecule has 1 unspecified atom stereocenters. The Hall–Kier alpha value is -2.44. The largest absolute Gasteiger partial charge is 0.460 e. The lowest BCUT2D eigenvalue weighted by Crippen LogP contribution is -2.35. The Bertz CT molecular complexity index is 806. The van der Waals surface area contributed by atoms with E-state index in [1.165, 1.54) is 12.1 Å². The van der Waals surface area contributed by atoms with Crippen LogP contribution in [-0.4, -0.2) is 21.8 Å². The second-order valence-corrected chi connectivity index (χ2v) is 6.06. The van der Waals surface area contributed by atoms with Gasteiger partial charge in [-0.15, -0.1) is 0 Å². The first-order valence-electron chi connectivity index (χ1n) is 7.74. The van der Waals surface area contributed by atoms with Gasteiger partial charge in [-0.1, -0.05) is 12.1 Å². The average Bonchev–Trinajstić information content (AvgIpc) is 3.16. The van der Waals surface area contributed by atoms with Gasteiger partial charge in [-0.3, -0.25) is 5.10 Å². The number of aromatic amines is 1. The molecule has 0 aliphatic heterocycles. The third kappa shape index (κ3) is 3.55. The molecule has 0 fully saturated rings. The summed E-state index contributed by atoms with van der Waals surface area (Å²) < 4.78 is 18.6. The second-order valence-electron chi connectivity index (χ2n) is 6.06. The van der Waals surface area contributed by atoms with Crippen molar-refractivity contribution in [1.82, 2.24) is 15.5 Å². The summed E-state index contributed by atoms with van der Waals surface area (Å²) in [5.41, 5.74) is 1.32. The number of halogens is 1. The molecule has 0 radical (unpaired) electrons. The van der Waals surface area contributed by atoms with Gasteiger partial charge in [0.05, 0.1) is 11.8 Å². The Kier molecular flexibility index (Phi) is 4.51. The van der Waals surface area contributed by atoms with Crippen molar-refractivity contribution in [1.29, 1.82) is 0 Å². The first kappa shape index (κ1) is 16.4. The maximum absolute atomic E-state index is 13.0. The minimum atomic E-state index is -1.10. The van der Waals surface area contributed by atoms with E-state index < -0.39 is 5.60 Å². The van der Waals surface area contributed by atoms with Gasteiger partial charge in [-0.05, 0) is 43.7 Å². The van der Waals surface area contributed by atoms with Crippen LogP contribution in [0.4, 0.5) is 4.39 Å². The van der Waals surface area contributed by atoms with E-state index >= 15 is 0 Å². The lowest BCUT2D eigenvalue weighted by Gasteiger charge is -2.24. The SMILES string of the molecule is Cc1ccc(-c2[nH]ncc2CNCC(C)(O)c2ccc(F)cc2)o1. The zero-order chi connectivity index (χ0) is 17.2. The van der Waals surface area contributed by atoms with E-state index in [9.17, 15) is 9.50 Å². The predicted molar refractivity (Wildman–Crippen MR) is 88.7 cm³/mol. The molecule has 3 aromatic rings. The molecule has 0 aliphatic rings. The van der Waals surface area contributed by atoms with Crippen LogP contribution in [0, 0.1) is 12.7 Å². The average molecular weight is 329 g/mol. The Balaban J connectivity index is 1.64. The molecule has 0 spiro atoms. The highest BCUT2D eigenvalue weighted by Crippen LogP contribution is 2.24. The Labute approximate surface area is 139 Å². The van der Waals surface area contributed by atoms with Crippen LogP contribution in [0.15, 0.2) is 47.0 Å². The molecule has 0 amide bonds. The van der Waals surface area contributed by atoms with Crippen molar-refractivity contribution >= 4 is 0 Å². The fourth-order valence-corrected chi connectivity index (χ4v) is 2.58. The molecule has 1 atom stereocenters. The second kappa shape index (κ2) is 6.59. The summed E-state index contributed by atoms with van der Waals surface area (Å²) >= 11 is 0. The van der Waals surface area contributed by atoms with Crippen molar-refractivity contribution in [3.8, 4) is 11.5 Å². The van der Waals surface area contributed by atoms with Crippen LogP contribution >= 0.6 is 0 Å². The number of hydrogen-bond donors (Lipinski definition) is 3. The maximum Gasteiger partial charge on any atom is 0.152 e. The van der Waals surface area contributed by atoms with Crippen molar-refractivity contribution in [2.24, 2.45) is 0 Å². The number of hydrogen-bond acceptors (Lipinski definition) is 4. The first-order valence-corrected chi connectivity index (χ1v) is 7.74. The van der Waals surface area contributed by atoms with Crippen molar-refractivity contribution in [2.75, 3.05) is 6.54 Å². The van der Waals surface area contributed by atoms with E-state index in [0.717, 1.165) is 22.8 Å². The highest BCUT2D eigenvalue weighted by molar-refractivity contribution is 5.56. The summed E-state index contributed by atoms with van der Waals surface area (Å²) in [6, 6.07) is 9.65. The van der Waals surface area contributed by atoms with E-state index in [4.69, 9.17) is 4.42 Å². The van der Waals surface area contributed by atoms with Crippen LogP contribution in [0.3, 0.4) is 0 Å². The van der Waals surface area contributed by atoms with Crippen LogP contribution in [-0.2, 0) is 12.1 Å². The number of nitrogens with one attached hydrogen (secondary N) is 2. The number of rotatable bonds is 6. The van der Waals surface area contributed by atoms with Crippen LogP contribution in [0.1, 0.15) is 23.8 Å². The summed E-state index contributed by atoms with van der Waals surface area (Å²) in [4.78, 5) is 0. The zero-order valence-electron chi connectivity index (χ0n) is 13.6. The molecule has 0 bridgehead atoms. The third-order valence-corrected chi connectivity index (χ3v) is 3.96. The number of furan rings is 1. The summed E-state index contributed by atoms with van der Waals surface area (Å²) in [6.45, 7) is 4.42. The molecule has 24 heavy (non-hydrogen) atoms. The monoisotopic (exact) mass is 329 g/mol. The molecule has 0 saturated carbocycles. The fourth-order valence-electron chi connectivity index (χ4n) is 2.58. The number of aromatic nitrogens is 2. The minimum absolute atomic E-state index is 0.320. The summed E-state index contributed by atoms with van der Waals surface area (Å²) in [5.74, 6) is 1.24. The van der Waals surface area contributed by atoms with Crippen molar-refractivity contribution in [3.63, 3.8) is 0 Å². The van der Waals surface area contributed by atoms with Crippen LogP contribution in [0.25, 0.3) is 11.5 Å². The van der Waals surface area contributed by atoms with E-state index in [1.807, 2.05) is 19.1 Å². The van der Waals surface area contributed by atoms with Gasteiger partial charge in [0.15, 0.2) is 5.76 Å². The van der Waals surface area contributed by atoms with Gasteiger partial charge >= 0.3 is 0 Å². The summed E-state index contributed by atoms with van der Waals surface area (Å²) in [7, 11) is 0. The molecule has 6 heteroatoms. The number of nitrogens with zero attached hydrogens (tertiary/aromatic N) is 1. The smallest absolute Gasteiger partial charge is 0.152 e. The molecule has 0 aliphatic carbocycles. The van der Waals surface area contributed by atoms with E-state index in [0.29, 0.717) is 18.7 Å². The number of aliphatic hydroxyl groups is 1. The quantitative estimate of drug-likeness (QED) is 0.650. The van der Waals surface area contributed by atoms with Crippen molar-refractivity contribution < 1.29 is 13.9 Å². The Morgan fingerprint density at radius 3 is 2.67 bits per heavy atom. The van der Waals surface area contributed by atoms with Gasteiger partial charge in [-0.25, -0.2) is 4.39 Å². The van der Waals surface area contributed by atoms with Gasteiger partial charge in [0.2, 0.25) is 0 Å². The first-order chi connectivity index (χ1) is 11.5. The molecule has 126 valence electrons. The van der Waals surface area contributed by atoms with Crippen LogP contribution in [0.5, 0.6) is 0 Å². The molecule has 2 heterocycles. The molecule has 3 N–H and O–H groups in total. The van der Waals surface area contributed by atoms with Gasteiger partial charge in [0.1, 0.15) is 17.3 Å². The standard InChI is InChI=1S/C18H20FN3O2/c1-12-3-8-16(24-12)17-13(10-21-22-17)9-20-11-18(2,23)14-4-6-15(19)7-5-14/h3-8,10,20,23H,9,11H2,1-2H3,(H,21,22). The Morgan fingerprint density at radius 2 is 2.00 bits per heavy atom. The lowest BCUT2D eigenvalue weighted by atomic mass is 9.96. The molecule has 1 aromatic carbocycles. The molecular formula is C18H20FN3O2. The summed E-state index contributed by atoms with van der Waals surface area (Å²) in [5, 5.41) is 20.8. The third-order valence-electron chi connectivity index (χ3n) is 3.96. The molecule has 3 rings (SSSR count). The molecular weight excluding hydrogens is 309 g/mol. The predicted octanol–water partition coefficient (Wildman–Crippen LogP) is 3.11. The van der Waals surface area contributed by atoms with Gasteiger partial charge in [0, 0.05) is 18.7 Å². The highest BCUT2D eigenvalue weighted by Gasteiger charge is 2.23. The van der Waals surface area contributed by atoms with Crippen LogP contribution < -0.4 is 5.32 Å². The highest BCUT2D eigenvalue weighted by atomic mass is 19.1. The number of benzene rings is 1. The molecule has 0 saturated heterocycles. The van der Waals surface area contributed by atoms with Gasteiger partial charge in [-0.2, -0.15) is 5.10 Å². The summed E-state index contributed by atoms with van der Waals surface area (Å²) in [6.07, 6.45) is 1.73. The molecule has 5 nitrogen and oxygen atoms in total. The van der Waals surface area contributed by atoms with E-state index in [2.05, 4.69) is 15.5 Å². The minimum Gasteiger partial charge on any atom is -0.460 e. The normalized spacial score (nSPS) is 13.8.